The van der Waals surface area contributed by atoms with Gasteiger partial charge in [0.05, 0.1) is 12.8 Å². The Labute approximate surface area is 125 Å². The summed E-state index contributed by atoms with van der Waals surface area (Å²) < 4.78 is 10.7. The number of ether oxygens (including phenoxy) is 1. The summed E-state index contributed by atoms with van der Waals surface area (Å²) in [6, 6.07) is 7.09. The van der Waals surface area contributed by atoms with E-state index in [4.69, 9.17) is 9.15 Å². The summed E-state index contributed by atoms with van der Waals surface area (Å²) in [6.45, 7) is 2.92. The van der Waals surface area contributed by atoms with E-state index in [1.807, 2.05) is 12.1 Å². The highest BCUT2D eigenvalue weighted by molar-refractivity contribution is 6.05. The molecule has 0 aliphatic heterocycles. The number of hydrogen-bond acceptors (Lipinski definition) is 4. The molecule has 4 heteroatoms. The summed E-state index contributed by atoms with van der Waals surface area (Å²) in [7, 11) is 0. The molecule has 0 atom stereocenters. The average Bonchev–Trinajstić information content (AvgIpc) is 3.05. The summed E-state index contributed by atoms with van der Waals surface area (Å²) in [4.78, 5) is 15.8. The highest BCUT2D eigenvalue weighted by Crippen LogP contribution is 2.15. The fourth-order valence-electron chi connectivity index (χ4n) is 2.06. The van der Waals surface area contributed by atoms with Crippen LogP contribution in [0.4, 0.5) is 0 Å². The molecule has 0 saturated carbocycles. The number of nitrogens with zero attached hydrogens (tertiary/aromatic N) is 1. The molecular formula is C17H21NO3. The predicted octanol–water partition coefficient (Wildman–Crippen LogP) is 4.25. The Morgan fingerprint density at radius 2 is 1.90 bits per heavy atom. The first kappa shape index (κ1) is 15.3. The molecule has 0 unspecified atom stereocenters. The van der Waals surface area contributed by atoms with Crippen molar-refractivity contribution < 1.29 is 13.9 Å². The largest absolute Gasteiger partial charge is 0.494 e. The molecule has 4 nitrogen and oxygen atoms in total. The zero-order chi connectivity index (χ0) is 14.9. The number of aromatic nitrogens is 1. The number of ketones is 1. The third kappa shape index (κ3) is 4.74. The normalized spacial score (nSPS) is 10.5. The van der Waals surface area contributed by atoms with E-state index < -0.39 is 0 Å². The summed E-state index contributed by atoms with van der Waals surface area (Å²) in [5, 5.41) is 0. The van der Waals surface area contributed by atoms with Gasteiger partial charge in [0.1, 0.15) is 12.0 Å². The number of hydrogen-bond donors (Lipinski definition) is 0. The molecule has 1 aromatic carbocycles. The summed E-state index contributed by atoms with van der Waals surface area (Å²) in [5.74, 6) is 0.681. The van der Waals surface area contributed by atoms with Gasteiger partial charge in [-0.3, -0.25) is 4.79 Å². The molecule has 2 rings (SSSR count). The summed E-state index contributed by atoms with van der Waals surface area (Å²) in [6.07, 6.45) is 8.93. The highest BCUT2D eigenvalue weighted by atomic mass is 16.5. The zero-order valence-electron chi connectivity index (χ0n) is 12.4. The van der Waals surface area contributed by atoms with Crippen LogP contribution in [0.1, 0.15) is 55.3 Å². The molecule has 0 bridgehead atoms. The highest BCUT2D eigenvalue weighted by Gasteiger charge is 2.13. The molecule has 0 radical (unpaired) electrons. The van der Waals surface area contributed by atoms with E-state index in [1.54, 1.807) is 12.1 Å². The van der Waals surface area contributed by atoms with Crippen LogP contribution >= 0.6 is 0 Å². The topological polar surface area (TPSA) is 52.3 Å². The van der Waals surface area contributed by atoms with Gasteiger partial charge >= 0.3 is 0 Å². The monoisotopic (exact) mass is 287 g/mol. The second-order valence-electron chi connectivity index (χ2n) is 4.95. The van der Waals surface area contributed by atoms with Gasteiger partial charge in [0.15, 0.2) is 0 Å². The maximum absolute atomic E-state index is 12.0. The van der Waals surface area contributed by atoms with E-state index in [0.29, 0.717) is 5.56 Å². The van der Waals surface area contributed by atoms with E-state index >= 15 is 0 Å². The van der Waals surface area contributed by atoms with E-state index in [9.17, 15) is 4.79 Å². The predicted molar refractivity (Wildman–Crippen MR) is 80.6 cm³/mol. The number of carbonyl (C=O) groups is 1. The lowest BCUT2D eigenvalue weighted by atomic mass is 10.1. The Kier molecular flexibility index (Phi) is 6.00. The van der Waals surface area contributed by atoms with E-state index in [2.05, 4.69) is 11.9 Å². The summed E-state index contributed by atoms with van der Waals surface area (Å²) in [5.41, 5.74) is 0.549. The Bertz CT molecular complexity index is 532. The fourth-order valence-corrected chi connectivity index (χ4v) is 2.06. The molecule has 0 amide bonds. The molecular weight excluding hydrogens is 266 g/mol. The molecule has 1 heterocycles. The van der Waals surface area contributed by atoms with E-state index in [-0.39, 0.29) is 11.7 Å². The van der Waals surface area contributed by atoms with Crippen LogP contribution in [0, 0.1) is 0 Å². The Morgan fingerprint density at radius 1 is 1.14 bits per heavy atom. The second-order valence-corrected chi connectivity index (χ2v) is 4.95. The van der Waals surface area contributed by atoms with Crippen LogP contribution in [0.25, 0.3) is 0 Å². The van der Waals surface area contributed by atoms with Gasteiger partial charge in [-0.25, -0.2) is 4.98 Å². The van der Waals surface area contributed by atoms with Gasteiger partial charge in [0, 0.05) is 5.56 Å². The number of carbonyl (C=O) groups excluding carboxylic acids is 1. The van der Waals surface area contributed by atoms with Crippen LogP contribution in [0.15, 0.2) is 41.1 Å². The molecule has 21 heavy (non-hydrogen) atoms. The third-order valence-corrected chi connectivity index (χ3v) is 3.26. The maximum atomic E-state index is 12.0. The zero-order valence-corrected chi connectivity index (χ0v) is 12.4. The van der Waals surface area contributed by atoms with E-state index in [1.165, 1.54) is 38.1 Å². The van der Waals surface area contributed by atoms with Crippen molar-refractivity contribution in [2.75, 3.05) is 6.61 Å². The standard InChI is InChI=1S/C17H21NO3/c1-2-3-4-5-6-12-20-15-9-7-14(8-10-15)16(19)17-18-11-13-21-17/h7-11,13H,2-6,12H2,1H3. The van der Waals surface area contributed by atoms with E-state index in [0.717, 1.165) is 18.8 Å². The molecule has 0 aliphatic carbocycles. The van der Waals surface area contributed by atoms with Crippen molar-refractivity contribution in [2.24, 2.45) is 0 Å². The van der Waals surface area contributed by atoms with Crippen LogP contribution in [0.5, 0.6) is 5.75 Å². The Balaban J connectivity index is 1.78. The minimum Gasteiger partial charge on any atom is -0.494 e. The molecule has 0 fully saturated rings. The molecule has 0 saturated heterocycles. The van der Waals surface area contributed by atoms with Crippen molar-refractivity contribution >= 4 is 5.78 Å². The fraction of sp³-hybridized carbons (Fsp3) is 0.412. The smallest absolute Gasteiger partial charge is 0.268 e. The maximum Gasteiger partial charge on any atom is 0.268 e. The second kappa shape index (κ2) is 8.25. The quantitative estimate of drug-likeness (QED) is 0.511. The SMILES string of the molecule is CCCCCCCOc1ccc(C(=O)c2ncco2)cc1. The van der Waals surface area contributed by atoms with Gasteiger partial charge in [-0.15, -0.1) is 0 Å². The third-order valence-electron chi connectivity index (χ3n) is 3.26. The molecule has 2 aromatic rings. The van der Waals surface area contributed by atoms with Gasteiger partial charge in [-0.2, -0.15) is 0 Å². The lowest BCUT2D eigenvalue weighted by Crippen LogP contribution is -2.02. The number of rotatable bonds is 9. The summed E-state index contributed by atoms with van der Waals surface area (Å²) >= 11 is 0. The van der Waals surface area contributed by atoms with Crippen molar-refractivity contribution in [2.45, 2.75) is 39.0 Å². The van der Waals surface area contributed by atoms with Crippen LogP contribution in [0.2, 0.25) is 0 Å². The molecule has 0 spiro atoms. The number of benzene rings is 1. The van der Waals surface area contributed by atoms with Crippen molar-refractivity contribution in [1.82, 2.24) is 4.98 Å². The molecule has 1 aromatic heterocycles. The van der Waals surface area contributed by atoms with Crippen LogP contribution in [-0.4, -0.2) is 17.4 Å². The van der Waals surface area contributed by atoms with Gasteiger partial charge in [0.25, 0.3) is 5.89 Å². The lowest BCUT2D eigenvalue weighted by Gasteiger charge is -2.06. The number of unbranched alkanes of at least 4 members (excludes halogenated alkanes) is 4. The van der Waals surface area contributed by atoms with Crippen LogP contribution < -0.4 is 4.74 Å². The van der Waals surface area contributed by atoms with Gasteiger partial charge in [-0.1, -0.05) is 32.6 Å². The van der Waals surface area contributed by atoms with Crippen molar-refractivity contribution in [3.8, 4) is 5.75 Å². The first-order chi connectivity index (χ1) is 10.3. The van der Waals surface area contributed by atoms with Crippen molar-refractivity contribution in [3.05, 3.63) is 48.2 Å². The first-order valence-corrected chi connectivity index (χ1v) is 7.48. The molecule has 112 valence electrons. The molecule has 0 N–H and O–H groups in total. The van der Waals surface area contributed by atoms with Gasteiger partial charge in [-0.05, 0) is 30.7 Å². The first-order valence-electron chi connectivity index (χ1n) is 7.48. The lowest BCUT2D eigenvalue weighted by molar-refractivity contribution is 0.100. The average molecular weight is 287 g/mol. The van der Waals surface area contributed by atoms with Crippen LogP contribution in [0.3, 0.4) is 0 Å². The van der Waals surface area contributed by atoms with Gasteiger partial charge < -0.3 is 9.15 Å². The minimum absolute atomic E-state index is 0.111. The minimum atomic E-state index is -0.217. The van der Waals surface area contributed by atoms with Gasteiger partial charge in [0.2, 0.25) is 5.78 Å². The Hall–Kier alpha value is -2.10. The Morgan fingerprint density at radius 3 is 2.57 bits per heavy atom. The van der Waals surface area contributed by atoms with Crippen molar-refractivity contribution in [3.63, 3.8) is 0 Å². The number of oxazole rings is 1. The van der Waals surface area contributed by atoms with Crippen molar-refractivity contribution in [1.29, 1.82) is 0 Å². The van der Waals surface area contributed by atoms with Crippen LogP contribution in [-0.2, 0) is 0 Å². The molecule has 0 aliphatic rings.